The van der Waals surface area contributed by atoms with E-state index in [0.717, 1.165) is 5.56 Å². The van der Waals surface area contributed by atoms with Crippen LogP contribution in [0.3, 0.4) is 0 Å². The third-order valence-electron chi connectivity index (χ3n) is 4.56. The summed E-state index contributed by atoms with van der Waals surface area (Å²) < 4.78 is 0. The molecule has 1 aliphatic rings. The minimum Gasteiger partial charge on any atom is -0.391 e. The van der Waals surface area contributed by atoms with Gasteiger partial charge in [-0.3, -0.25) is 9.59 Å². The summed E-state index contributed by atoms with van der Waals surface area (Å²) in [4.78, 5) is 25.3. The molecule has 0 saturated carbocycles. The Labute approximate surface area is 159 Å². The number of aliphatic hydroxyl groups excluding tert-OH is 1. The molecule has 2 atom stereocenters. The molecule has 6 heteroatoms. The number of halogens is 1. The Hall–Kier alpha value is -2.21. The Kier molecular flexibility index (Phi) is 6.91. The minimum atomic E-state index is -0.454. The lowest BCUT2D eigenvalue weighted by Crippen LogP contribution is -2.35. The third kappa shape index (κ3) is 4.49. The maximum absolute atomic E-state index is 12.8. The van der Waals surface area contributed by atoms with E-state index in [0.29, 0.717) is 36.3 Å². The van der Waals surface area contributed by atoms with Crippen LogP contribution in [0.4, 0.5) is 0 Å². The molecule has 3 N–H and O–H groups in total. The highest BCUT2D eigenvalue weighted by Gasteiger charge is 2.26. The molecule has 0 spiro atoms. The van der Waals surface area contributed by atoms with E-state index in [-0.39, 0.29) is 30.0 Å². The summed E-state index contributed by atoms with van der Waals surface area (Å²) in [6.07, 6.45) is -0.454. The quantitative estimate of drug-likeness (QED) is 0.699. The van der Waals surface area contributed by atoms with Crippen molar-refractivity contribution in [3.63, 3.8) is 0 Å². The molecule has 1 saturated heterocycles. The Bertz CT molecular complexity index is 777. The van der Waals surface area contributed by atoms with Gasteiger partial charge in [-0.1, -0.05) is 48.0 Å². The van der Waals surface area contributed by atoms with Crippen LogP contribution in [0.1, 0.15) is 31.8 Å². The van der Waals surface area contributed by atoms with Crippen molar-refractivity contribution in [3.8, 4) is 0 Å². The molecular formula is C20H23ClN2O3. The van der Waals surface area contributed by atoms with Crippen molar-refractivity contribution in [3.05, 3.63) is 70.8 Å². The first-order valence-electron chi connectivity index (χ1n) is 8.43. The Morgan fingerprint density at radius 3 is 2.35 bits per heavy atom. The highest BCUT2D eigenvalue weighted by atomic mass is 35.5. The number of β-amino-alcohol motifs (C(OH)–C–C–N with tert-alkyl or cyclic N) is 1. The van der Waals surface area contributed by atoms with Gasteiger partial charge in [-0.25, -0.2) is 0 Å². The molecule has 1 heterocycles. The topological polar surface area (TPSA) is 78.4 Å². The molecule has 1 aliphatic heterocycles. The van der Waals surface area contributed by atoms with Crippen LogP contribution in [-0.4, -0.2) is 42.5 Å². The number of hydrogen-bond acceptors (Lipinski definition) is 4. The number of hydrogen-bond donors (Lipinski definition) is 3. The first kappa shape index (κ1) is 20.1. The van der Waals surface area contributed by atoms with Crippen molar-refractivity contribution in [2.45, 2.75) is 13.0 Å². The van der Waals surface area contributed by atoms with Gasteiger partial charge < -0.3 is 15.7 Å². The predicted octanol–water partition coefficient (Wildman–Crippen LogP) is 1.96. The molecule has 0 aliphatic carbocycles. The number of carbonyl (C=O) groups is 2. The fourth-order valence-corrected chi connectivity index (χ4v) is 2.99. The van der Waals surface area contributed by atoms with Crippen molar-refractivity contribution in [2.75, 3.05) is 19.6 Å². The number of ketones is 1. The van der Waals surface area contributed by atoms with Crippen LogP contribution in [0.15, 0.2) is 48.5 Å². The number of nitrogens with one attached hydrogen (secondary N) is 2. The second-order valence-electron chi connectivity index (χ2n) is 6.44. The number of aryl methyl sites for hydroxylation is 1. The summed E-state index contributed by atoms with van der Waals surface area (Å²) in [5.74, 6) is -0.479. The van der Waals surface area contributed by atoms with Crippen LogP contribution < -0.4 is 10.6 Å². The molecule has 1 fully saturated rings. The van der Waals surface area contributed by atoms with Crippen LogP contribution in [-0.2, 0) is 0 Å². The molecule has 2 aromatic carbocycles. The molecular weight excluding hydrogens is 352 g/mol. The molecule has 138 valence electrons. The Morgan fingerprint density at radius 1 is 1.08 bits per heavy atom. The molecule has 0 radical (unpaired) electrons. The van der Waals surface area contributed by atoms with E-state index in [9.17, 15) is 14.7 Å². The summed E-state index contributed by atoms with van der Waals surface area (Å²) in [7, 11) is 0. The molecule has 26 heavy (non-hydrogen) atoms. The van der Waals surface area contributed by atoms with Crippen molar-refractivity contribution >= 4 is 24.1 Å². The molecule has 1 amide bonds. The zero-order valence-corrected chi connectivity index (χ0v) is 15.4. The summed E-state index contributed by atoms with van der Waals surface area (Å²) in [5, 5.41) is 15.7. The van der Waals surface area contributed by atoms with E-state index in [2.05, 4.69) is 10.6 Å². The zero-order valence-electron chi connectivity index (χ0n) is 14.6. The Balaban J connectivity index is 0.00000243. The highest BCUT2D eigenvalue weighted by molar-refractivity contribution is 6.15. The number of benzene rings is 2. The van der Waals surface area contributed by atoms with Gasteiger partial charge in [-0.05, 0) is 13.0 Å². The summed E-state index contributed by atoms with van der Waals surface area (Å²) >= 11 is 0. The van der Waals surface area contributed by atoms with Crippen molar-refractivity contribution in [2.24, 2.45) is 5.92 Å². The average molecular weight is 375 g/mol. The normalized spacial score (nSPS) is 18.8. The van der Waals surface area contributed by atoms with E-state index in [1.54, 1.807) is 36.4 Å². The van der Waals surface area contributed by atoms with Gasteiger partial charge >= 0.3 is 0 Å². The van der Waals surface area contributed by atoms with E-state index in [4.69, 9.17) is 0 Å². The van der Waals surface area contributed by atoms with Gasteiger partial charge in [0.05, 0.1) is 11.7 Å². The van der Waals surface area contributed by atoms with Crippen LogP contribution in [0.2, 0.25) is 0 Å². The van der Waals surface area contributed by atoms with Crippen molar-refractivity contribution in [1.82, 2.24) is 10.6 Å². The predicted molar refractivity (Wildman–Crippen MR) is 103 cm³/mol. The summed E-state index contributed by atoms with van der Waals surface area (Å²) in [6.45, 7) is 3.55. The first-order chi connectivity index (χ1) is 12.1. The zero-order chi connectivity index (χ0) is 17.8. The Morgan fingerprint density at radius 2 is 1.73 bits per heavy atom. The van der Waals surface area contributed by atoms with E-state index in [1.165, 1.54) is 0 Å². The fourth-order valence-electron chi connectivity index (χ4n) is 2.99. The number of carbonyl (C=O) groups excluding carboxylic acids is 2. The highest BCUT2D eigenvalue weighted by Crippen LogP contribution is 2.16. The molecule has 2 unspecified atom stereocenters. The van der Waals surface area contributed by atoms with Crippen LogP contribution in [0, 0.1) is 12.8 Å². The molecule has 3 rings (SSSR count). The number of aliphatic hydroxyl groups is 1. The second-order valence-corrected chi connectivity index (χ2v) is 6.44. The maximum Gasteiger partial charge on any atom is 0.252 e. The van der Waals surface area contributed by atoms with E-state index in [1.807, 2.05) is 19.1 Å². The lowest BCUT2D eigenvalue weighted by atomic mass is 9.97. The van der Waals surface area contributed by atoms with Gasteiger partial charge in [0.25, 0.3) is 5.91 Å². The van der Waals surface area contributed by atoms with Gasteiger partial charge in [0, 0.05) is 36.7 Å². The lowest BCUT2D eigenvalue weighted by Gasteiger charge is -2.15. The monoisotopic (exact) mass is 374 g/mol. The number of rotatable bonds is 5. The second kappa shape index (κ2) is 8.94. The van der Waals surface area contributed by atoms with E-state index < -0.39 is 6.10 Å². The average Bonchev–Trinajstić information content (AvgIpc) is 3.04. The smallest absolute Gasteiger partial charge is 0.252 e. The molecule has 0 aromatic heterocycles. The standard InChI is InChI=1S/C20H22N2O3.ClH/c1-13-6-8-14(9-7-13)19(24)16-4-2-3-5-17(16)20(25)22-11-15-10-21-12-18(15)23;/h2-9,15,18,21,23H,10-12H2,1H3,(H,22,25);1H. The summed E-state index contributed by atoms with van der Waals surface area (Å²) in [6, 6.07) is 14.1. The van der Waals surface area contributed by atoms with Gasteiger partial charge in [-0.15, -0.1) is 12.4 Å². The fraction of sp³-hybridized carbons (Fsp3) is 0.300. The lowest BCUT2D eigenvalue weighted by molar-refractivity contribution is 0.0917. The third-order valence-corrected chi connectivity index (χ3v) is 4.56. The largest absolute Gasteiger partial charge is 0.391 e. The molecule has 0 bridgehead atoms. The van der Waals surface area contributed by atoms with E-state index >= 15 is 0 Å². The minimum absolute atomic E-state index is 0. The summed E-state index contributed by atoms with van der Waals surface area (Å²) in [5.41, 5.74) is 2.37. The molecule has 2 aromatic rings. The number of amides is 1. The maximum atomic E-state index is 12.8. The van der Waals surface area contributed by atoms with Crippen LogP contribution in [0.5, 0.6) is 0 Å². The molecule has 5 nitrogen and oxygen atoms in total. The van der Waals surface area contributed by atoms with Gasteiger partial charge in [0.15, 0.2) is 5.78 Å². The van der Waals surface area contributed by atoms with Gasteiger partial charge in [0.1, 0.15) is 0 Å². The van der Waals surface area contributed by atoms with Gasteiger partial charge in [-0.2, -0.15) is 0 Å². The SMILES string of the molecule is Cc1ccc(C(=O)c2ccccc2C(=O)NCC2CNCC2O)cc1.Cl. The van der Waals surface area contributed by atoms with Gasteiger partial charge in [0.2, 0.25) is 0 Å². The van der Waals surface area contributed by atoms with Crippen LogP contribution in [0.25, 0.3) is 0 Å². The first-order valence-corrected chi connectivity index (χ1v) is 8.43. The van der Waals surface area contributed by atoms with Crippen molar-refractivity contribution < 1.29 is 14.7 Å². The van der Waals surface area contributed by atoms with Crippen molar-refractivity contribution in [1.29, 1.82) is 0 Å². The van der Waals surface area contributed by atoms with Crippen LogP contribution >= 0.6 is 12.4 Å².